The van der Waals surface area contributed by atoms with Crippen LogP contribution in [0.3, 0.4) is 0 Å². The van der Waals surface area contributed by atoms with Gasteiger partial charge in [-0.2, -0.15) is 0 Å². The summed E-state index contributed by atoms with van der Waals surface area (Å²) in [6, 6.07) is 8.60. The molecule has 0 aromatic heterocycles. The fourth-order valence-corrected chi connectivity index (χ4v) is 3.29. The number of nitrogens with zero attached hydrogens (tertiary/aromatic N) is 1. The Hall–Kier alpha value is -3.30. The van der Waals surface area contributed by atoms with Crippen LogP contribution < -0.4 is 16.0 Å². The molecular formula is C23H34N4O6. The Kier molecular flexibility index (Phi) is 9.96. The van der Waals surface area contributed by atoms with Crippen molar-refractivity contribution in [1.29, 1.82) is 0 Å². The van der Waals surface area contributed by atoms with Gasteiger partial charge in [0.15, 0.2) is 0 Å². The quantitative estimate of drug-likeness (QED) is 0.482. The van der Waals surface area contributed by atoms with Crippen molar-refractivity contribution in [2.24, 2.45) is 0 Å². The van der Waals surface area contributed by atoms with Gasteiger partial charge < -0.3 is 30.3 Å². The van der Waals surface area contributed by atoms with Crippen LogP contribution in [-0.2, 0) is 25.7 Å². The minimum Gasteiger partial charge on any atom is -0.445 e. The number of amides is 4. The van der Waals surface area contributed by atoms with Crippen LogP contribution in [0.1, 0.15) is 45.6 Å². The second-order valence-electron chi connectivity index (χ2n) is 8.73. The molecule has 1 atom stereocenters. The standard InChI is InChI=1S/C23H34N4O6/c1-23(2,3)33-22(31)25-12-8-7-11-18-20(29)24-13-14-27(18)19(28)15-26-21(30)32-16-17-9-5-4-6-10-17/h4-6,9-10,18H,7-8,11-16H2,1-3H3,(H,24,29)(H,25,31)(H,26,30). The zero-order chi connectivity index (χ0) is 24.3. The minimum atomic E-state index is -0.696. The van der Waals surface area contributed by atoms with Crippen molar-refractivity contribution in [3.8, 4) is 0 Å². The normalized spacial score (nSPS) is 15.9. The van der Waals surface area contributed by atoms with Crippen LogP contribution in [0.4, 0.5) is 9.59 Å². The SMILES string of the molecule is CC(C)(C)OC(=O)NCCCCC1C(=O)NCCN1C(=O)CNC(=O)OCc1ccccc1. The second kappa shape index (κ2) is 12.7. The van der Waals surface area contributed by atoms with E-state index in [1.54, 1.807) is 20.8 Å². The molecule has 0 radical (unpaired) electrons. The van der Waals surface area contributed by atoms with Crippen molar-refractivity contribution in [1.82, 2.24) is 20.9 Å². The molecule has 33 heavy (non-hydrogen) atoms. The number of unbranched alkanes of at least 4 members (excludes halogenated alkanes) is 1. The van der Waals surface area contributed by atoms with Crippen LogP contribution in [-0.4, -0.2) is 66.7 Å². The number of piperazine rings is 1. The van der Waals surface area contributed by atoms with Crippen LogP contribution in [0.25, 0.3) is 0 Å². The maximum absolute atomic E-state index is 12.6. The number of hydrogen-bond donors (Lipinski definition) is 3. The van der Waals surface area contributed by atoms with E-state index in [0.29, 0.717) is 38.9 Å². The predicted octanol–water partition coefficient (Wildman–Crippen LogP) is 1.93. The van der Waals surface area contributed by atoms with Crippen LogP contribution in [0.15, 0.2) is 30.3 Å². The molecule has 10 nitrogen and oxygen atoms in total. The Morgan fingerprint density at radius 3 is 2.52 bits per heavy atom. The lowest BCUT2D eigenvalue weighted by Crippen LogP contribution is -2.58. The molecule has 1 aromatic rings. The molecule has 1 fully saturated rings. The fourth-order valence-electron chi connectivity index (χ4n) is 3.29. The number of alkyl carbamates (subject to hydrolysis) is 2. The number of benzene rings is 1. The van der Waals surface area contributed by atoms with E-state index in [-0.39, 0.29) is 25.0 Å². The summed E-state index contributed by atoms with van der Waals surface area (Å²) < 4.78 is 10.3. The summed E-state index contributed by atoms with van der Waals surface area (Å²) in [5, 5.41) is 7.89. The summed E-state index contributed by atoms with van der Waals surface area (Å²) in [5.74, 6) is -0.570. The van der Waals surface area contributed by atoms with Crippen molar-refractivity contribution < 1.29 is 28.7 Å². The van der Waals surface area contributed by atoms with Crippen molar-refractivity contribution in [3.63, 3.8) is 0 Å². The first-order chi connectivity index (χ1) is 15.7. The summed E-state index contributed by atoms with van der Waals surface area (Å²) in [7, 11) is 0. The number of rotatable bonds is 9. The average molecular weight is 463 g/mol. The molecule has 2 rings (SSSR count). The maximum Gasteiger partial charge on any atom is 0.407 e. The first-order valence-corrected chi connectivity index (χ1v) is 11.1. The smallest absolute Gasteiger partial charge is 0.407 e. The van der Waals surface area contributed by atoms with Crippen LogP contribution in [0, 0.1) is 0 Å². The minimum absolute atomic E-state index is 0.104. The molecule has 1 unspecified atom stereocenters. The van der Waals surface area contributed by atoms with Gasteiger partial charge in [-0.3, -0.25) is 9.59 Å². The topological polar surface area (TPSA) is 126 Å². The van der Waals surface area contributed by atoms with E-state index in [4.69, 9.17) is 9.47 Å². The Labute approximate surface area is 194 Å². The lowest BCUT2D eigenvalue weighted by molar-refractivity contribution is -0.142. The number of ether oxygens (including phenoxy) is 2. The summed E-state index contributed by atoms with van der Waals surface area (Å²) in [4.78, 5) is 50.0. The highest BCUT2D eigenvalue weighted by molar-refractivity contribution is 5.90. The van der Waals surface area contributed by atoms with Crippen molar-refractivity contribution in [2.45, 2.75) is 58.3 Å². The van der Waals surface area contributed by atoms with Gasteiger partial charge >= 0.3 is 12.2 Å². The highest BCUT2D eigenvalue weighted by Gasteiger charge is 2.32. The van der Waals surface area contributed by atoms with Gasteiger partial charge in [-0.25, -0.2) is 9.59 Å². The van der Waals surface area contributed by atoms with Crippen molar-refractivity contribution in [3.05, 3.63) is 35.9 Å². The Morgan fingerprint density at radius 1 is 1.09 bits per heavy atom. The first kappa shape index (κ1) is 26.0. The molecule has 1 saturated heterocycles. The third-order valence-electron chi connectivity index (χ3n) is 4.82. The third-order valence-corrected chi connectivity index (χ3v) is 4.82. The molecule has 1 aromatic carbocycles. The van der Waals surface area contributed by atoms with E-state index >= 15 is 0 Å². The summed E-state index contributed by atoms with van der Waals surface area (Å²) in [6.07, 6.45) is 0.532. The summed E-state index contributed by atoms with van der Waals surface area (Å²) in [6.45, 7) is 6.36. The van der Waals surface area contributed by atoms with Gasteiger partial charge in [0.2, 0.25) is 11.8 Å². The van der Waals surface area contributed by atoms with Crippen molar-refractivity contribution in [2.75, 3.05) is 26.2 Å². The van der Waals surface area contributed by atoms with Crippen LogP contribution >= 0.6 is 0 Å². The summed E-state index contributed by atoms with van der Waals surface area (Å²) in [5.41, 5.74) is 0.278. The maximum atomic E-state index is 12.6. The van der Waals surface area contributed by atoms with E-state index in [0.717, 1.165) is 5.56 Å². The fraction of sp³-hybridized carbons (Fsp3) is 0.565. The molecule has 0 bridgehead atoms. The van der Waals surface area contributed by atoms with Crippen LogP contribution in [0.5, 0.6) is 0 Å². The van der Waals surface area contributed by atoms with Gasteiger partial charge in [-0.15, -0.1) is 0 Å². The lowest BCUT2D eigenvalue weighted by Gasteiger charge is -2.35. The average Bonchev–Trinajstić information content (AvgIpc) is 2.76. The highest BCUT2D eigenvalue weighted by Crippen LogP contribution is 2.13. The summed E-state index contributed by atoms with van der Waals surface area (Å²) >= 11 is 0. The van der Waals surface area contributed by atoms with Gasteiger partial charge in [0.05, 0.1) is 0 Å². The third kappa shape index (κ3) is 9.80. The van der Waals surface area contributed by atoms with Gasteiger partial charge in [0.25, 0.3) is 0 Å². The van der Waals surface area contributed by atoms with Gasteiger partial charge in [-0.1, -0.05) is 30.3 Å². The molecular weight excluding hydrogens is 428 g/mol. The number of carbonyl (C=O) groups is 4. The van der Waals surface area contributed by atoms with E-state index in [2.05, 4.69) is 16.0 Å². The Bertz CT molecular complexity index is 809. The largest absolute Gasteiger partial charge is 0.445 e. The molecule has 1 aliphatic heterocycles. The number of nitrogens with one attached hydrogen (secondary N) is 3. The first-order valence-electron chi connectivity index (χ1n) is 11.1. The number of carbonyl (C=O) groups excluding carboxylic acids is 4. The lowest BCUT2D eigenvalue weighted by atomic mass is 10.0. The molecule has 10 heteroatoms. The predicted molar refractivity (Wildman–Crippen MR) is 121 cm³/mol. The molecule has 0 saturated carbocycles. The Balaban J connectivity index is 1.72. The van der Waals surface area contributed by atoms with E-state index in [1.165, 1.54) is 4.90 Å². The van der Waals surface area contributed by atoms with Gasteiger partial charge in [0, 0.05) is 19.6 Å². The zero-order valence-corrected chi connectivity index (χ0v) is 19.5. The van der Waals surface area contributed by atoms with Crippen molar-refractivity contribution >= 4 is 24.0 Å². The van der Waals surface area contributed by atoms with E-state index in [1.807, 2.05) is 30.3 Å². The zero-order valence-electron chi connectivity index (χ0n) is 19.5. The highest BCUT2D eigenvalue weighted by atomic mass is 16.6. The monoisotopic (exact) mass is 462 g/mol. The van der Waals surface area contributed by atoms with E-state index in [9.17, 15) is 19.2 Å². The van der Waals surface area contributed by atoms with E-state index < -0.39 is 23.8 Å². The van der Waals surface area contributed by atoms with Crippen LogP contribution in [0.2, 0.25) is 0 Å². The molecule has 1 aliphatic rings. The molecule has 0 aliphatic carbocycles. The molecule has 0 spiro atoms. The second-order valence-corrected chi connectivity index (χ2v) is 8.73. The Morgan fingerprint density at radius 2 is 1.82 bits per heavy atom. The molecule has 1 heterocycles. The number of hydrogen-bond acceptors (Lipinski definition) is 6. The molecule has 182 valence electrons. The molecule has 4 amide bonds. The van der Waals surface area contributed by atoms with Gasteiger partial charge in [-0.05, 0) is 45.6 Å². The molecule has 3 N–H and O–H groups in total. The van der Waals surface area contributed by atoms with Gasteiger partial charge in [0.1, 0.15) is 24.8 Å².